The van der Waals surface area contributed by atoms with E-state index in [0.717, 1.165) is 5.56 Å². The van der Waals surface area contributed by atoms with Crippen LogP contribution in [0.3, 0.4) is 0 Å². The average Bonchev–Trinajstić information content (AvgIpc) is 3.56. The molecule has 5 aromatic rings. The largest absolute Gasteiger partial charge is 0.435 e. The summed E-state index contributed by atoms with van der Waals surface area (Å²) in [6, 6.07) is 4.37. The molecule has 1 aromatic carbocycles. The Balaban J connectivity index is 1.61. The third-order valence-corrected chi connectivity index (χ3v) is 5.54. The van der Waals surface area contributed by atoms with Gasteiger partial charge in [-0.15, -0.1) is 0 Å². The summed E-state index contributed by atoms with van der Waals surface area (Å²) in [4.78, 5) is 24.3. The van der Waals surface area contributed by atoms with Crippen molar-refractivity contribution in [3.63, 3.8) is 0 Å². The van der Waals surface area contributed by atoms with Crippen LogP contribution in [0.4, 0.5) is 13.6 Å². The van der Waals surface area contributed by atoms with Crippen molar-refractivity contribution in [1.82, 2.24) is 40.2 Å². The minimum absolute atomic E-state index is 0.0159. The summed E-state index contributed by atoms with van der Waals surface area (Å²) < 4.78 is 37.7. The molecule has 3 N–H and O–H groups in total. The molecule has 0 aliphatic rings. The predicted octanol–water partition coefficient (Wildman–Crippen LogP) is 4.80. The molecule has 0 fully saturated rings. The predicted molar refractivity (Wildman–Crippen MR) is 131 cm³/mol. The molecule has 1 unspecified atom stereocenters. The zero-order valence-corrected chi connectivity index (χ0v) is 20.4. The molecule has 1 atom stereocenters. The van der Waals surface area contributed by atoms with Crippen LogP contribution in [-0.4, -0.2) is 53.2 Å². The highest BCUT2D eigenvalue weighted by molar-refractivity contribution is 5.94. The van der Waals surface area contributed by atoms with Crippen molar-refractivity contribution in [3.8, 4) is 22.9 Å². The molecule has 0 saturated heterocycles. The van der Waals surface area contributed by atoms with Crippen molar-refractivity contribution in [2.75, 3.05) is 0 Å². The lowest BCUT2D eigenvalue weighted by Crippen LogP contribution is -2.42. The summed E-state index contributed by atoms with van der Waals surface area (Å²) in [5, 5.41) is 14.8. The van der Waals surface area contributed by atoms with Crippen LogP contribution in [0.25, 0.3) is 33.5 Å². The normalized spacial score (nSPS) is 12.8. The van der Waals surface area contributed by atoms with Gasteiger partial charge in [0.05, 0.1) is 24.0 Å². The Hall–Kier alpha value is -4.55. The van der Waals surface area contributed by atoms with Gasteiger partial charge < -0.3 is 19.8 Å². The molecular formula is C24H24F2N8O3. The van der Waals surface area contributed by atoms with Crippen LogP contribution in [0, 0.1) is 0 Å². The molecule has 0 spiro atoms. The first-order chi connectivity index (χ1) is 17.6. The first-order valence-corrected chi connectivity index (χ1v) is 11.4. The van der Waals surface area contributed by atoms with E-state index in [1.807, 2.05) is 27.7 Å². The van der Waals surface area contributed by atoms with Gasteiger partial charge in [-0.1, -0.05) is 0 Å². The van der Waals surface area contributed by atoms with E-state index in [1.165, 1.54) is 24.5 Å². The molecule has 0 aliphatic heterocycles. The molecule has 192 valence electrons. The Morgan fingerprint density at radius 1 is 1.19 bits per heavy atom. The lowest BCUT2D eigenvalue weighted by molar-refractivity contribution is -0.0497. The number of carbonyl (C=O) groups excluding carboxylic acids is 1. The van der Waals surface area contributed by atoms with Crippen LogP contribution in [-0.2, 0) is 0 Å². The minimum atomic E-state index is -2.98. The molecule has 0 saturated carbocycles. The van der Waals surface area contributed by atoms with E-state index < -0.39 is 18.2 Å². The summed E-state index contributed by atoms with van der Waals surface area (Å²) in [5.74, 6) is 0.168. The number of ether oxygens (including phenoxy) is 2. The van der Waals surface area contributed by atoms with E-state index in [0.29, 0.717) is 33.5 Å². The van der Waals surface area contributed by atoms with Gasteiger partial charge in [0.1, 0.15) is 17.1 Å². The molecule has 4 aromatic heterocycles. The number of aromatic amines is 2. The maximum atomic E-state index is 12.9. The number of hydrogen-bond donors (Lipinski definition) is 3. The standard InChI is InChI=1S/C24H24F2N8O3/c1-12(13-8-29-30-9-13)34-17-6-5-14(36-22(25)26)7-15(17)19(33-34)16-10-27-21-20(31-16)18(11-28-21)37-23(35)32-24(2,3)4/h5-12,22H,1-4H3,(H,27,28)(H,29,30)(H,32,35). The molecule has 0 aliphatic carbocycles. The number of rotatable bonds is 6. The van der Waals surface area contributed by atoms with E-state index in [2.05, 4.69) is 35.2 Å². The highest BCUT2D eigenvalue weighted by atomic mass is 19.3. The third kappa shape index (κ3) is 4.92. The number of aromatic nitrogens is 7. The van der Waals surface area contributed by atoms with Crippen molar-refractivity contribution < 1.29 is 23.0 Å². The lowest BCUT2D eigenvalue weighted by atomic mass is 10.1. The highest BCUT2D eigenvalue weighted by Crippen LogP contribution is 2.34. The van der Waals surface area contributed by atoms with Crippen molar-refractivity contribution in [1.29, 1.82) is 0 Å². The summed E-state index contributed by atoms with van der Waals surface area (Å²) in [7, 11) is 0. The fraction of sp³-hybridized carbons (Fsp3) is 0.292. The minimum Gasteiger partial charge on any atom is -0.435 e. The van der Waals surface area contributed by atoms with Crippen LogP contribution >= 0.6 is 0 Å². The van der Waals surface area contributed by atoms with Gasteiger partial charge in [0.25, 0.3) is 0 Å². The fourth-order valence-corrected chi connectivity index (χ4v) is 3.90. The molecule has 11 nitrogen and oxygen atoms in total. The number of fused-ring (bicyclic) bond motifs is 2. The van der Waals surface area contributed by atoms with Crippen molar-refractivity contribution >= 4 is 28.2 Å². The third-order valence-electron chi connectivity index (χ3n) is 5.54. The van der Waals surface area contributed by atoms with E-state index >= 15 is 0 Å². The van der Waals surface area contributed by atoms with Gasteiger partial charge in [-0.2, -0.15) is 19.0 Å². The number of carbonyl (C=O) groups is 1. The number of benzene rings is 1. The molecule has 5 rings (SSSR count). The monoisotopic (exact) mass is 510 g/mol. The van der Waals surface area contributed by atoms with E-state index in [9.17, 15) is 13.6 Å². The van der Waals surface area contributed by atoms with Crippen LogP contribution in [0.1, 0.15) is 39.3 Å². The topological polar surface area (TPSA) is 136 Å². The number of nitrogens with one attached hydrogen (secondary N) is 3. The fourth-order valence-electron chi connectivity index (χ4n) is 3.90. The van der Waals surface area contributed by atoms with Gasteiger partial charge in [-0.3, -0.25) is 9.78 Å². The zero-order valence-electron chi connectivity index (χ0n) is 20.4. The Labute approximate surface area is 209 Å². The number of halogens is 2. The Kier molecular flexibility index (Phi) is 5.97. The molecule has 37 heavy (non-hydrogen) atoms. The Bertz CT molecular complexity index is 1570. The van der Waals surface area contributed by atoms with Crippen molar-refractivity contribution in [2.24, 2.45) is 0 Å². The summed E-state index contributed by atoms with van der Waals surface area (Å²) in [6.07, 6.45) is 5.79. The molecule has 1 amide bonds. The number of hydrogen-bond acceptors (Lipinski definition) is 7. The Morgan fingerprint density at radius 2 is 2.00 bits per heavy atom. The van der Waals surface area contributed by atoms with Gasteiger partial charge in [0.15, 0.2) is 16.9 Å². The van der Waals surface area contributed by atoms with E-state index in [-0.39, 0.29) is 17.5 Å². The summed E-state index contributed by atoms with van der Waals surface area (Å²) in [6.45, 7) is 4.46. The van der Waals surface area contributed by atoms with Crippen LogP contribution in [0.5, 0.6) is 11.5 Å². The van der Waals surface area contributed by atoms with Gasteiger partial charge in [0, 0.05) is 28.9 Å². The number of alkyl halides is 2. The van der Waals surface area contributed by atoms with Crippen LogP contribution in [0.2, 0.25) is 0 Å². The summed E-state index contributed by atoms with van der Waals surface area (Å²) in [5.41, 5.74) is 2.51. The van der Waals surface area contributed by atoms with Crippen LogP contribution in [0.15, 0.2) is 43.0 Å². The number of amides is 1. The lowest BCUT2D eigenvalue weighted by Gasteiger charge is -2.19. The van der Waals surface area contributed by atoms with Gasteiger partial charge in [-0.25, -0.2) is 14.8 Å². The summed E-state index contributed by atoms with van der Waals surface area (Å²) >= 11 is 0. The average molecular weight is 511 g/mol. The van der Waals surface area contributed by atoms with Gasteiger partial charge in [0.2, 0.25) is 0 Å². The van der Waals surface area contributed by atoms with E-state index in [4.69, 9.17) is 9.84 Å². The van der Waals surface area contributed by atoms with Gasteiger partial charge >= 0.3 is 12.7 Å². The maximum Gasteiger partial charge on any atom is 0.413 e. The molecule has 0 radical (unpaired) electrons. The molecule has 13 heteroatoms. The highest BCUT2D eigenvalue weighted by Gasteiger charge is 2.22. The Morgan fingerprint density at radius 3 is 2.70 bits per heavy atom. The zero-order chi connectivity index (χ0) is 26.3. The molecular weight excluding hydrogens is 486 g/mol. The second-order valence-electron chi connectivity index (χ2n) is 9.43. The molecule has 0 bridgehead atoms. The smallest absolute Gasteiger partial charge is 0.413 e. The first-order valence-electron chi connectivity index (χ1n) is 11.4. The maximum absolute atomic E-state index is 12.9. The van der Waals surface area contributed by atoms with Crippen LogP contribution < -0.4 is 14.8 Å². The SMILES string of the molecule is CC(c1cn[nH]c1)n1nc(-c2cnc3[nH]cc(OC(=O)NC(C)(C)C)c3n2)c2cc(OC(F)F)ccc21. The van der Waals surface area contributed by atoms with Crippen molar-refractivity contribution in [2.45, 2.75) is 45.9 Å². The van der Waals surface area contributed by atoms with Gasteiger partial charge in [-0.05, 0) is 45.9 Å². The molecule has 4 heterocycles. The number of nitrogens with zero attached hydrogens (tertiary/aromatic N) is 5. The quantitative estimate of drug-likeness (QED) is 0.299. The first kappa shape index (κ1) is 24.2. The number of H-pyrrole nitrogens is 2. The van der Waals surface area contributed by atoms with E-state index in [1.54, 1.807) is 23.1 Å². The second-order valence-corrected chi connectivity index (χ2v) is 9.43. The van der Waals surface area contributed by atoms with Crippen molar-refractivity contribution in [3.05, 3.63) is 48.5 Å². The second kappa shape index (κ2) is 9.15.